The lowest BCUT2D eigenvalue weighted by Gasteiger charge is -2.25. The number of aliphatic hydroxyl groups excluding tert-OH is 1. The first-order valence-electron chi connectivity index (χ1n) is 6.24. The summed E-state index contributed by atoms with van der Waals surface area (Å²) < 4.78 is 8.09. The Kier molecular flexibility index (Phi) is 3.63. The summed E-state index contributed by atoms with van der Waals surface area (Å²) in [6.07, 6.45) is 0. The molecule has 7 heteroatoms. The number of nitrogens with zero attached hydrogens (tertiary/aromatic N) is 4. The maximum absolute atomic E-state index is 12.0. The maximum Gasteiger partial charge on any atom is 0.368 e. The van der Waals surface area contributed by atoms with E-state index in [9.17, 15) is 9.90 Å². The highest BCUT2D eigenvalue weighted by atomic mass is 16.5. The highest BCUT2D eigenvalue weighted by Crippen LogP contribution is 2.26. The van der Waals surface area contributed by atoms with Gasteiger partial charge in [-0.2, -0.15) is 9.36 Å². The smallest absolute Gasteiger partial charge is 0.368 e. The Morgan fingerprint density at radius 2 is 2.05 bits per heavy atom. The Morgan fingerprint density at radius 1 is 1.35 bits per heavy atom. The van der Waals surface area contributed by atoms with Gasteiger partial charge in [0, 0.05) is 7.05 Å². The van der Waals surface area contributed by atoms with Crippen LogP contribution in [0.3, 0.4) is 0 Å². The molecule has 108 valence electrons. The average Bonchev–Trinajstić information content (AvgIpc) is 2.72. The molecule has 0 spiro atoms. The van der Waals surface area contributed by atoms with Gasteiger partial charge in [0.2, 0.25) is 0 Å². The van der Waals surface area contributed by atoms with Crippen LogP contribution in [-0.2, 0) is 7.05 Å². The van der Waals surface area contributed by atoms with Gasteiger partial charge >= 0.3 is 5.69 Å². The molecule has 0 radical (unpaired) electrons. The fourth-order valence-electron chi connectivity index (χ4n) is 1.67. The van der Waals surface area contributed by atoms with Gasteiger partial charge < -0.3 is 9.84 Å². The van der Waals surface area contributed by atoms with Gasteiger partial charge in [-0.15, -0.1) is 0 Å². The van der Waals surface area contributed by atoms with E-state index in [1.807, 2.05) is 13.0 Å². The van der Waals surface area contributed by atoms with Gasteiger partial charge in [-0.05, 0) is 48.9 Å². The van der Waals surface area contributed by atoms with Crippen molar-refractivity contribution in [3.8, 4) is 11.4 Å². The molecule has 1 aromatic carbocycles. The molecule has 1 N–H and O–H groups in total. The van der Waals surface area contributed by atoms with Crippen LogP contribution in [0.15, 0.2) is 23.0 Å². The van der Waals surface area contributed by atoms with Gasteiger partial charge in [-0.3, -0.25) is 0 Å². The SMILES string of the molecule is Cc1ccc(OC(C)(C)CO)c(-n2nnn(C)c2=O)c1. The quantitative estimate of drug-likeness (QED) is 0.876. The number of hydrogen-bond acceptors (Lipinski definition) is 5. The van der Waals surface area contributed by atoms with Crippen molar-refractivity contribution in [2.75, 3.05) is 6.61 Å². The van der Waals surface area contributed by atoms with Crippen LogP contribution < -0.4 is 10.4 Å². The zero-order valence-corrected chi connectivity index (χ0v) is 12.0. The van der Waals surface area contributed by atoms with Crippen molar-refractivity contribution in [2.24, 2.45) is 7.05 Å². The topological polar surface area (TPSA) is 82.2 Å². The van der Waals surface area contributed by atoms with Gasteiger partial charge in [-0.1, -0.05) is 6.07 Å². The van der Waals surface area contributed by atoms with Gasteiger partial charge in [-0.25, -0.2) is 4.79 Å². The molecular weight excluding hydrogens is 260 g/mol. The number of benzene rings is 1. The molecule has 20 heavy (non-hydrogen) atoms. The van der Waals surface area contributed by atoms with Crippen LogP contribution in [0, 0.1) is 6.92 Å². The lowest BCUT2D eigenvalue weighted by atomic mass is 10.1. The van der Waals surface area contributed by atoms with Crippen LogP contribution in [0.25, 0.3) is 5.69 Å². The molecule has 0 saturated carbocycles. The molecule has 0 atom stereocenters. The monoisotopic (exact) mass is 278 g/mol. The summed E-state index contributed by atoms with van der Waals surface area (Å²) in [5.41, 5.74) is 0.356. The predicted octanol–water partition coefficient (Wildman–Crippen LogP) is 0.424. The Hall–Kier alpha value is -2.15. The third-order valence-electron chi connectivity index (χ3n) is 2.83. The maximum atomic E-state index is 12.0. The minimum absolute atomic E-state index is 0.143. The Balaban J connectivity index is 2.54. The summed E-state index contributed by atoms with van der Waals surface area (Å²) in [5.74, 6) is 0.470. The highest BCUT2D eigenvalue weighted by molar-refractivity contribution is 5.48. The lowest BCUT2D eigenvalue weighted by Crippen LogP contribution is -2.33. The summed E-state index contributed by atoms with van der Waals surface area (Å²) in [6, 6.07) is 5.41. The van der Waals surface area contributed by atoms with Crippen molar-refractivity contribution in [2.45, 2.75) is 26.4 Å². The highest BCUT2D eigenvalue weighted by Gasteiger charge is 2.21. The number of aromatic nitrogens is 4. The average molecular weight is 278 g/mol. The molecule has 7 nitrogen and oxygen atoms in total. The molecule has 0 aliphatic rings. The minimum atomic E-state index is -0.754. The molecule has 0 bridgehead atoms. The normalized spacial score (nSPS) is 11.7. The van der Waals surface area contributed by atoms with E-state index >= 15 is 0 Å². The molecular formula is C13H18N4O3. The third kappa shape index (κ3) is 2.72. The van der Waals surface area contributed by atoms with Gasteiger partial charge in [0.25, 0.3) is 0 Å². The zero-order chi connectivity index (χ0) is 14.9. The molecule has 0 aliphatic heterocycles. The van der Waals surface area contributed by atoms with Gasteiger partial charge in [0.15, 0.2) is 0 Å². The Bertz CT molecular complexity index is 672. The Morgan fingerprint density at radius 3 is 2.60 bits per heavy atom. The largest absolute Gasteiger partial charge is 0.483 e. The van der Waals surface area contributed by atoms with E-state index in [0.717, 1.165) is 10.2 Å². The van der Waals surface area contributed by atoms with E-state index in [4.69, 9.17) is 4.74 Å². The van der Waals surface area contributed by atoms with Crippen LogP contribution >= 0.6 is 0 Å². The first-order valence-corrected chi connectivity index (χ1v) is 6.24. The van der Waals surface area contributed by atoms with Crippen LogP contribution in [0.1, 0.15) is 19.4 Å². The Labute approximate surface area is 116 Å². The van der Waals surface area contributed by atoms with Crippen molar-refractivity contribution >= 4 is 0 Å². The standard InChI is InChI=1S/C13H18N4O3/c1-9-5-6-11(20-13(2,3)8-18)10(7-9)17-12(19)16(4)14-15-17/h5-7,18H,8H2,1-4H3. The zero-order valence-electron chi connectivity index (χ0n) is 12.0. The summed E-state index contributed by atoms with van der Waals surface area (Å²) >= 11 is 0. The van der Waals surface area contributed by atoms with Crippen molar-refractivity contribution < 1.29 is 9.84 Å². The second kappa shape index (κ2) is 5.09. The molecule has 0 amide bonds. The fourth-order valence-corrected chi connectivity index (χ4v) is 1.67. The molecule has 0 saturated heterocycles. The molecule has 0 unspecified atom stereocenters. The molecule has 1 heterocycles. The molecule has 2 rings (SSSR count). The molecule has 2 aromatic rings. The van der Waals surface area contributed by atoms with E-state index in [2.05, 4.69) is 10.4 Å². The van der Waals surface area contributed by atoms with Crippen LogP contribution in [0.4, 0.5) is 0 Å². The minimum Gasteiger partial charge on any atom is -0.483 e. The van der Waals surface area contributed by atoms with E-state index in [1.165, 1.54) is 11.7 Å². The fraction of sp³-hybridized carbons (Fsp3) is 0.462. The van der Waals surface area contributed by atoms with E-state index < -0.39 is 5.60 Å². The number of ether oxygens (including phenoxy) is 1. The number of hydrogen-bond donors (Lipinski definition) is 1. The van der Waals surface area contributed by atoms with Gasteiger partial charge in [0.05, 0.1) is 6.61 Å². The van der Waals surface area contributed by atoms with Gasteiger partial charge in [0.1, 0.15) is 17.0 Å². The second-order valence-corrected chi connectivity index (χ2v) is 5.29. The van der Waals surface area contributed by atoms with Crippen molar-refractivity contribution in [1.82, 2.24) is 19.8 Å². The van der Waals surface area contributed by atoms with Crippen molar-refractivity contribution in [3.63, 3.8) is 0 Å². The van der Waals surface area contributed by atoms with E-state index in [0.29, 0.717) is 11.4 Å². The number of aryl methyl sites for hydroxylation is 2. The van der Waals surface area contributed by atoms with Crippen LogP contribution in [0.5, 0.6) is 5.75 Å². The van der Waals surface area contributed by atoms with Crippen molar-refractivity contribution in [1.29, 1.82) is 0 Å². The summed E-state index contributed by atoms with van der Waals surface area (Å²) in [6.45, 7) is 5.29. The second-order valence-electron chi connectivity index (χ2n) is 5.29. The first kappa shape index (κ1) is 14.3. The van der Waals surface area contributed by atoms with Crippen LogP contribution in [0.2, 0.25) is 0 Å². The number of aliphatic hydroxyl groups is 1. The lowest BCUT2D eigenvalue weighted by molar-refractivity contribution is 0.0410. The summed E-state index contributed by atoms with van der Waals surface area (Å²) in [7, 11) is 1.53. The van der Waals surface area contributed by atoms with E-state index in [1.54, 1.807) is 26.0 Å². The third-order valence-corrected chi connectivity index (χ3v) is 2.83. The summed E-state index contributed by atoms with van der Waals surface area (Å²) in [5, 5.41) is 16.8. The van der Waals surface area contributed by atoms with Crippen LogP contribution in [-0.4, -0.2) is 37.1 Å². The number of tetrazole rings is 1. The molecule has 1 aromatic heterocycles. The molecule has 0 fully saturated rings. The first-order chi connectivity index (χ1) is 9.34. The number of rotatable bonds is 4. The predicted molar refractivity (Wildman–Crippen MR) is 73.1 cm³/mol. The molecule has 0 aliphatic carbocycles. The van der Waals surface area contributed by atoms with Crippen molar-refractivity contribution in [3.05, 3.63) is 34.2 Å². The van der Waals surface area contributed by atoms with E-state index in [-0.39, 0.29) is 12.3 Å². The summed E-state index contributed by atoms with van der Waals surface area (Å²) in [4.78, 5) is 12.0.